The number of aliphatic carboxylic acids is 1. The van der Waals surface area contributed by atoms with Crippen molar-refractivity contribution in [1.82, 2.24) is 0 Å². The highest BCUT2D eigenvalue weighted by molar-refractivity contribution is 9.10. The molecule has 0 aromatic heterocycles. The van der Waals surface area contributed by atoms with Gasteiger partial charge in [0.1, 0.15) is 0 Å². The fourth-order valence-corrected chi connectivity index (χ4v) is 3.35. The van der Waals surface area contributed by atoms with Gasteiger partial charge in [0, 0.05) is 11.6 Å². The Morgan fingerprint density at radius 1 is 1.40 bits per heavy atom. The minimum Gasteiger partial charge on any atom is -0.481 e. The van der Waals surface area contributed by atoms with Crippen LogP contribution in [0.15, 0.2) is 28.7 Å². The van der Waals surface area contributed by atoms with E-state index in [4.69, 9.17) is 4.74 Å². The Labute approximate surface area is 128 Å². The molecule has 1 N–H and O–H groups in total. The molecule has 3 atom stereocenters. The monoisotopic (exact) mass is 340 g/mol. The third-order valence-corrected chi connectivity index (χ3v) is 4.78. The predicted molar refractivity (Wildman–Crippen MR) is 81.7 cm³/mol. The molecule has 1 aromatic carbocycles. The average molecular weight is 341 g/mol. The Bertz CT molecular complexity index is 444. The normalized spacial score (nSPS) is 24.3. The first kappa shape index (κ1) is 15.5. The van der Waals surface area contributed by atoms with Crippen LogP contribution in [0.25, 0.3) is 0 Å². The maximum atomic E-state index is 11.6. The summed E-state index contributed by atoms with van der Waals surface area (Å²) in [5.74, 6) is -0.779. The third-order valence-electron chi connectivity index (χ3n) is 4.26. The molecular formula is C16H21BrO3. The first-order chi connectivity index (χ1) is 9.60. The lowest BCUT2D eigenvalue weighted by Crippen LogP contribution is -2.32. The van der Waals surface area contributed by atoms with Crippen molar-refractivity contribution >= 4 is 21.9 Å². The molecule has 0 heterocycles. The zero-order valence-electron chi connectivity index (χ0n) is 11.7. The van der Waals surface area contributed by atoms with Gasteiger partial charge in [-0.15, -0.1) is 0 Å². The molecule has 110 valence electrons. The fourth-order valence-electron chi connectivity index (χ4n) is 3.09. The van der Waals surface area contributed by atoms with Crippen molar-refractivity contribution < 1.29 is 14.6 Å². The van der Waals surface area contributed by atoms with Crippen molar-refractivity contribution in [2.45, 2.75) is 38.2 Å². The van der Waals surface area contributed by atoms with E-state index in [-0.39, 0.29) is 17.9 Å². The molecule has 0 aliphatic heterocycles. The minimum absolute atomic E-state index is 0.217. The van der Waals surface area contributed by atoms with Gasteiger partial charge in [0.15, 0.2) is 0 Å². The maximum absolute atomic E-state index is 11.6. The van der Waals surface area contributed by atoms with E-state index >= 15 is 0 Å². The second-order valence-corrected chi connectivity index (χ2v) is 6.48. The smallest absolute Gasteiger partial charge is 0.307 e. The molecule has 20 heavy (non-hydrogen) atoms. The van der Waals surface area contributed by atoms with Crippen LogP contribution in [0.4, 0.5) is 0 Å². The van der Waals surface area contributed by atoms with Gasteiger partial charge in [-0.25, -0.2) is 0 Å². The fraction of sp³-hybridized carbons (Fsp3) is 0.562. The van der Waals surface area contributed by atoms with Crippen molar-refractivity contribution in [3.63, 3.8) is 0 Å². The predicted octanol–water partition coefficient (Wildman–Crippen LogP) is 3.90. The standard InChI is InChI=1S/C16H21BrO3/c1-20-14-4-2-3-12(10-14)15(16(18)19)9-11-5-7-13(17)8-6-11/h5-8,12,14-15H,2-4,9-10H2,1H3,(H,18,19). The summed E-state index contributed by atoms with van der Waals surface area (Å²) in [5, 5.41) is 9.55. The van der Waals surface area contributed by atoms with Crippen LogP contribution in [0.3, 0.4) is 0 Å². The Morgan fingerprint density at radius 2 is 2.10 bits per heavy atom. The molecule has 4 heteroatoms. The Hall–Kier alpha value is -0.870. The van der Waals surface area contributed by atoms with Crippen LogP contribution < -0.4 is 0 Å². The van der Waals surface area contributed by atoms with Crippen molar-refractivity contribution in [3.8, 4) is 0 Å². The van der Waals surface area contributed by atoms with Crippen LogP contribution in [-0.4, -0.2) is 24.3 Å². The number of hydrogen-bond donors (Lipinski definition) is 1. The molecule has 1 saturated carbocycles. The number of methoxy groups -OCH3 is 1. The van der Waals surface area contributed by atoms with Crippen LogP contribution in [-0.2, 0) is 16.0 Å². The van der Waals surface area contributed by atoms with E-state index in [0.29, 0.717) is 6.42 Å². The van der Waals surface area contributed by atoms with Crippen molar-refractivity contribution in [3.05, 3.63) is 34.3 Å². The molecule has 0 radical (unpaired) electrons. The van der Waals surface area contributed by atoms with E-state index in [1.54, 1.807) is 7.11 Å². The molecule has 3 unspecified atom stereocenters. The number of carbonyl (C=O) groups is 1. The Morgan fingerprint density at radius 3 is 2.70 bits per heavy atom. The first-order valence-corrected chi connectivity index (χ1v) is 7.89. The van der Waals surface area contributed by atoms with Crippen LogP contribution in [0.1, 0.15) is 31.2 Å². The molecule has 0 saturated heterocycles. The molecular weight excluding hydrogens is 320 g/mol. The molecule has 0 bridgehead atoms. The van der Waals surface area contributed by atoms with Crippen LogP contribution in [0, 0.1) is 11.8 Å². The number of benzene rings is 1. The van der Waals surface area contributed by atoms with Crippen molar-refractivity contribution in [1.29, 1.82) is 0 Å². The average Bonchev–Trinajstić information content (AvgIpc) is 2.46. The Kier molecular flexibility index (Phi) is 5.61. The van der Waals surface area contributed by atoms with Crippen LogP contribution in [0.2, 0.25) is 0 Å². The topological polar surface area (TPSA) is 46.5 Å². The molecule has 1 aliphatic rings. The highest BCUT2D eigenvalue weighted by Crippen LogP contribution is 2.33. The van der Waals surface area contributed by atoms with Gasteiger partial charge in [0.2, 0.25) is 0 Å². The maximum Gasteiger partial charge on any atom is 0.307 e. The zero-order valence-corrected chi connectivity index (χ0v) is 13.3. The van der Waals surface area contributed by atoms with Gasteiger partial charge in [-0.2, -0.15) is 0 Å². The summed E-state index contributed by atoms with van der Waals surface area (Å²) in [6.07, 6.45) is 4.80. The summed E-state index contributed by atoms with van der Waals surface area (Å²) in [6, 6.07) is 7.92. The summed E-state index contributed by atoms with van der Waals surface area (Å²) in [5.41, 5.74) is 1.08. The van der Waals surface area contributed by atoms with E-state index in [1.807, 2.05) is 24.3 Å². The zero-order chi connectivity index (χ0) is 14.5. The van der Waals surface area contributed by atoms with Gasteiger partial charge in [0.25, 0.3) is 0 Å². The number of halogens is 1. The molecule has 0 spiro atoms. The second kappa shape index (κ2) is 7.23. The number of ether oxygens (including phenoxy) is 1. The van der Waals surface area contributed by atoms with E-state index in [1.165, 1.54) is 0 Å². The largest absolute Gasteiger partial charge is 0.481 e. The highest BCUT2D eigenvalue weighted by atomic mass is 79.9. The summed E-state index contributed by atoms with van der Waals surface area (Å²) in [4.78, 5) is 11.6. The molecule has 0 amide bonds. The quantitative estimate of drug-likeness (QED) is 0.884. The van der Waals surface area contributed by atoms with E-state index in [9.17, 15) is 9.90 Å². The van der Waals surface area contributed by atoms with Gasteiger partial charge in [-0.3, -0.25) is 4.79 Å². The lowest BCUT2D eigenvalue weighted by Gasteiger charge is -2.32. The van der Waals surface area contributed by atoms with E-state index in [2.05, 4.69) is 15.9 Å². The summed E-state index contributed by atoms with van der Waals surface area (Å²) in [6.45, 7) is 0. The molecule has 1 fully saturated rings. The molecule has 1 aromatic rings. The van der Waals surface area contributed by atoms with Gasteiger partial charge in [-0.1, -0.05) is 34.5 Å². The number of carboxylic acid groups (broad SMARTS) is 1. The number of carboxylic acids is 1. The lowest BCUT2D eigenvalue weighted by atomic mass is 9.76. The van der Waals surface area contributed by atoms with Crippen molar-refractivity contribution in [2.75, 3.05) is 7.11 Å². The van der Waals surface area contributed by atoms with Gasteiger partial charge >= 0.3 is 5.97 Å². The lowest BCUT2D eigenvalue weighted by molar-refractivity contribution is -0.144. The van der Waals surface area contributed by atoms with Crippen LogP contribution >= 0.6 is 15.9 Å². The van der Waals surface area contributed by atoms with E-state index < -0.39 is 5.97 Å². The molecule has 2 rings (SSSR count). The minimum atomic E-state index is -0.685. The number of hydrogen-bond acceptors (Lipinski definition) is 2. The summed E-state index contributed by atoms with van der Waals surface area (Å²) < 4.78 is 6.44. The second-order valence-electron chi connectivity index (χ2n) is 5.56. The van der Waals surface area contributed by atoms with Gasteiger partial charge in [0.05, 0.1) is 12.0 Å². The SMILES string of the molecule is COC1CCCC(C(Cc2ccc(Br)cc2)C(=O)O)C1. The van der Waals surface area contributed by atoms with E-state index in [0.717, 1.165) is 35.7 Å². The number of rotatable bonds is 5. The molecule has 3 nitrogen and oxygen atoms in total. The van der Waals surface area contributed by atoms with Crippen LogP contribution in [0.5, 0.6) is 0 Å². The Balaban J connectivity index is 2.06. The summed E-state index contributed by atoms with van der Waals surface area (Å²) >= 11 is 3.40. The van der Waals surface area contributed by atoms with Crippen molar-refractivity contribution in [2.24, 2.45) is 11.8 Å². The first-order valence-electron chi connectivity index (χ1n) is 7.10. The van der Waals surface area contributed by atoms with Gasteiger partial charge < -0.3 is 9.84 Å². The molecule has 1 aliphatic carbocycles. The third kappa shape index (κ3) is 4.06. The summed E-state index contributed by atoms with van der Waals surface area (Å²) in [7, 11) is 1.72. The highest BCUT2D eigenvalue weighted by Gasteiger charge is 2.32. The van der Waals surface area contributed by atoms with Gasteiger partial charge in [-0.05, 0) is 49.3 Å².